The number of rotatable bonds is 10. The Morgan fingerprint density at radius 2 is 1.80 bits per heavy atom. The third kappa shape index (κ3) is 6.18. The smallest absolute Gasteiger partial charge is 0.303 e. The number of para-hydroxylation sites is 1. The molecule has 2 aromatic carbocycles. The first-order valence-electron chi connectivity index (χ1n) is 9.77. The number of nitrogens with zero attached hydrogens (tertiary/aromatic N) is 1. The summed E-state index contributed by atoms with van der Waals surface area (Å²) in [5, 5.41) is 8.70. The molecule has 0 saturated carbocycles. The molecule has 0 unspecified atom stereocenters. The predicted octanol–water partition coefficient (Wildman–Crippen LogP) is 5.11. The summed E-state index contributed by atoms with van der Waals surface area (Å²) in [7, 11) is 0. The van der Waals surface area contributed by atoms with Crippen LogP contribution in [-0.4, -0.2) is 32.7 Å². The fourth-order valence-electron chi connectivity index (χ4n) is 3.02. The van der Waals surface area contributed by atoms with Crippen LogP contribution in [0.2, 0.25) is 0 Å². The summed E-state index contributed by atoms with van der Waals surface area (Å²) in [5.74, 6) is -0.196. The van der Waals surface area contributed by atoms with Gasteiger partial charge >= 0.3 is 5.97 Å². The molecule has 1 aliphatic heterocycles. The Morgan fingerprint density at radius 1 is 1.07 bits per heavy atom. The van der Waals surface area contributed by atoms with Crippen LogP contribution in [0.25, 0.3) is 6.08 Å². The largest absolute Gasteiger partial charge is 0.488 e. The van der Waals surface area contributed by atoms with Gasteiger partial charge in [0.25, 0.3) is 5.91 Å². The van der Waals surface area contributed by atoms with Crippen molar-refractivity contribution in [1.29, 1.82) is 0 Å². The Hall–Kier alpha value is -2.64. The summed E-state index contributed by atoms with van der Waals surface area (Å²) in [5.41, 5.74) is 1.90. The van der Waals surface area contributed by atoms with Gasteiger partial charge in [-0.05, 0) is 30.5 Å². The number of amides is 1. The molecule has 0 bridgehead atoms. The first-order chi connectivity index (χ1) is 14.5. The van der Waals surface area contributed by atoms with E-state index in [1.807, 2.05) is 60.7 Å². The normalized spacial score (nSPS) is 15.1. The lowest BCUT2D eigenvalue weighted by Gasteiger charge is -2.14. The van der Waals surface area contributed by atoms with Crippen molar-refractivity contribution in [1.82, 2.24) is 4.90 Å². The van der Waals surface area contributed by atoms with Crippen LogP contribution < -0.4 is 4.74 Å². The molecule has 0 spiro atoms. The van der Waals surface area contributed by atoms with Gasteiger partial charge in [0.15, 0.2) is 0 Å². The number of carbonyl (C=O) groups excluding carboxylic acids is 1. The lowest BCUT2D eigenvalue weighted by Crippen LogP contribution is -2.29. The monoisotopic (exact) mass is 441 g/mol. The van der Waals surface area contributed by atoms with Crippen molar-refractivity contribution in [3.8, 4) is 5.75 Å². The Kier molecular flexibility index (Phi) is 8.04. The highest BCUT2D eigenvalue weighted by molar-refractivity contribution is 8.26. The zero-order chi connectivity index (χ0) is 21.3. The first-order valence-corrected chi connectivity index (χ1v) is 11.0. The van der Waals surface area contributed by atoms with E-state index in [9.17, 15) is 9.59 Å². The molecule has 30 heavy (non-hydrogen) atoms. The van der Waals surface area contributed by atoms with Crippen LogP contribution in [0, 0.1) is 0 Å². The zero-order valence-electron chi connectivity index (χ0n) is 16.5. The Bertz CT molecular complexity index is 943. The number of thioether (sulfide) groups is 1. The van der Waals surface area contributed by atoms with Crippen LogP contribution in [0.3, 0.4) is 0 Å². The summed E-state index contributed by atoms with van der Waals surface area (Å²) in [6.45, 7) is 0.955. The van der Waals surface area contributed by atoms with E-state index in [4.69, 9.17) is 22.1 Å². The van der Waals surface area contributed by atoms with Gasteiger partial charge in [-0.25, -0.2) is 0 Å². The quantitative estimate of drug-likeness (QED) is 0.314. The maximum absolute atomic E-state index is 12.8. The summed E-state index contributed by atoms with van der Waals surface area (Å²) in [4.78, 5) is 25.6. The molecule has 3 rings (SSSR count). The summed E-state index contributed by atoms with van der Waals surface area (Å²) >= 11 is 6.67. The average molecular weight is 442 g/mol. The molecule has 7 heteroatoms. The number of benzene rings is 2. The number of ether oxygens (including phenoxy) is 1. The second kappa shape index (κ2) is 10.9. The van der Waals surface area contributed by atoms with Crippen LogP contribution in [0.5, 0.6) is 5.75 Å². The molecule has 1 heterocycles. The van der Waals surface area contributed by atoms with Crippen molar-refractivity contribution in [3.05, 3.63) is 70.6 Å². The molecule has 0 aromatic heterocycles. The Labute approximate surface area is 185 Å². The van der Waals surface area contributed by atoms with E-state index in [1.54, 1.807) is 4.90 Å². The lowest BCUT2D eigenvalue weighted by molar-refractivity contribution is -0.137. The van der Waals surface area contributed by atoms with Crippen LogP contribution in [0.4, 0.5) is 0 Å². The van der Waals surface area contributed by atoms with E-state index < -0.39 is 5.97 Å². The van der Waals surface area contributed by atoms with E-state index >= 15 is 0 Å². The van der Waals surface area contributed by atoms with Crippen molar-refractivity contribution in [2.75, 3.05) is 6.54 Å². The minimum atomic E-state index is -0.795. The number of aliphatic carboxylic acids is 1. The van der Waals surface area contributed by atoms with Crippen molar-refractivity contribution in [3.63, 3.8) is 0 Å². The fraction of sp³-hybridized carbons (Fsp3) is 0.261. The van der Waals surface area contributed by atoms with Gasteiger partial charge in [0.2, 0.25) is 0 Å². The van der Waals surface area contributed by atoms with E-state index in [0.29, 0.717) is 34.5 Å². The predicted molar refractivity (Wildman–Crippen MR) is 123 cm³/mol. The summed E-state index contributed by atoms with van der Waals surface area (Å²) in [6.07, 6.45) is 4.05. The number of hydrogen-bond acceptors (Lipinski definition) is 5. The average Bonchev–Trinajstić information content (AvgIpc) is 3.00. The second-order valence-corrected chi connectivity index (χ2v) is 8.53. The number of carbonyl (C=O) groups is 2. The standard InChI is InChI=1S/C23H23NO4S2/c25-21(26)13-5-2-8-14-24-22(27)20(30-23(24)29)15-18-11-6-7-12-19(18)28-16-17-9-3-1-4-10-17/h1,3-4,6-7,9-12,15H,2,5,8,13-14,16H2,(H,25,26)/b20-15+. The zero-order valence-corrected chi connectivity index (χ0v) is 18.1. The van der Waals surface area contributed by atoms with E-state index in [0.717, 1.165) is 24.0 Å². The molecule has 2 aromatic rings. The summed E-state index contributed by atoms with van der Waals surface area (Å²) in [6, 6.07) is 17.5. The Balaban J connectivity index is 1.63. The van der Waals surface area contributed by atoms with Crippen LogP contribution in [0.1, 0.15) is 36.8 Å². The van der Waals surface area contributed by atoms with Gasteiger partial charge in [-0.1, -0.05) is 78.9 Å². The molecule has 5 nitrogen and oxygen atoms in total. The van der Waals surface area contributed by atoms with Gasteiger partial charge < -0.3 is 9.84 Å². The van der Waals surface area contributed by atoms with Gasteiger partial charge in [0, 0.05) is 18.5 Å². The SMILES string of the molecule is O=C(O)CCCCCN1C(=O)/C(=C\c2ccccc2OCc2ccccc2)SC1=S. The lowest BCUT2D eigenvalue weighted by atomic mass is 10.1. The number of carboxylic acids is 1. The third-order valence-corrected chi connectivity index (χ3v) is 5.97. The molecule has 0 aliphatic carbocycles. The number of hydrogen-bond donors (Lipinski definition) is 1. The molecule has 1 N–H and O–H groups in total. The van der Waals surface area contributed by atoms with Crippen molar-refractivity contribution >= 4 is 46.3 Å². The molecule has 1 fully saturated rings. The van der Waals surface area contributed by atoms with Crippen molar-refractivity contribution in [2.24, 2.45) is 0 Å². The summed E-state index contributed by atoms with van der Waals surface area (Å²) < 4.78 is 6.51. The number of unbranched alkanes of at least 4 members (excludes halogenated alkanes) is 2. The molecule has 0 radical (unpaired) electrons. The van der Waals surface area contributed by atoms with Gasteiger partial charge in [-0.15, -0.1) is 0 Å². The van der Waals surface area contributed by atoms with E-state index in [1.165, 1.54) is 11.8 Å². The van der Waals surface area contributed by atoms with E-state index in [2.05, 4.69) is 0 Å². The molecule has 1 amide bonds. The molecular weight excluding hydrogens is 418 g/mol. The molecule has 0 atom stereocenters. The highest BCUT2D eigenvalue weighted by atomic mass is 32.2. The highest BCUT2D eigenvalue weighted by Gasteiger charge is 2.31. The van der Waals surface area contributed by atoms with Crippen molar-refractivity contribution < 1.29 is 19.4 Å². The minimum Gasteiger partial charge on any atom is -0.488 e. The topological polar surface area (TPSA) is 66.8 Å². The van der Waals surface area contributed by atoms with Gasteiger partial charge in [0.1, 0.15) is 16.7 Å². The van der Waals surface area contributed by atoms with Gasteiger partial charge in [-0.3, -0.25) is 14.5 Å². The maximum Gasteiger partial charge on any atom is 0.303 e. The number of carboxylic acid groups (broad SMARTS) is 1. The van der Waals surface area contributed by atoms with Crippen LogP contribution in [0.15, 0.2) is 59.5 Å². The van der Waals surface area contributed by atoms with Gasteiger partial charge in [-0.2, -0.15) is 0 Å². The van der Waals surface area contributed by atoms with E-state index in [-0.39, 0.29) is 12.3 Å². The van der Waals surface area contributed by atoms with Crippen LogP contribution >= 0.6 is 24.0 Å². The number of thiocarbonyl (C=S) groups is 1. The fourth-order valence-corrected chi connectivity index (χ4v) is 4.32. The molecule has 1 aliphatic rings. The first kappa shape index (κ1) is 22.1. The molecule has 156 valence electrons. The Morgan fingerprint density at radius 3 is 2.57 bits per heavy atom. The third-order valence-electron chi connectivity index (χ3n) is 4.59. The highest BCUT2D eigenvalue weighted by Crippen LogP contribution is 2.34. The maximum atomic E-state index is 12.8. The van der Waals surface area contributed by atoms with Gasteiger partial charge in [0.05, 0.1) is 4.91 Å². The second-order valence-electron chi connectivity index (χ2n) is 6.85. The molecule has 1 saturated heterocycles. The van der Waals surface area contributed by atoms with Crippen LogP contribution in [-0.2, 0) is 16.2 Å². The molecular formula is C23H23NO4S2. The minimum absolute atomic E-state index is 0.110. The van der Waals surface area contributed by atoms with Crippen molar-refractivity contribution in [2.45, 2.75) is 32.3 Å².